The SMILES string of the molecule is CCc1c(C2CCOCC2)c(C#N)c2nc3ccccc3n2c1N1CCCC1. The molecule has 2 aliphatic rings. The van der Waals surface area contributed by atoms with E-state index in [9.17, 15) is 5.26 Å². The molecule has 2 fully saturated rings. The van der Waals surface area contributed by atoms with Crippen molar-refractivity contribution in [2.24, 2.45) is 0 Å². The number of hydrogen-bond donors (Lipinski definition) is 0. The van der Waals surface area contributed by atoms with E-state index in [2.05, 4.69) is 40.5 Å². The highest BCUT2D eigenvalue weighted by molar-refractivity contribution is 5.86. The highest BCUT2D eigenvalue weighted by Gasteiger charge is 2.30. The van der Waals surface area contributed by atoms with Crippen LogP contribution in [0.3, 0.4) is 0 Å². The minimum Gasteiger partial charge on any atom is -0.381 e. The summed E-state index contributed by atoms with van der Waals surface area (Å²) in [5, 5.41) is 10.2. The van der Waals surface area contributed by atoms with Crippen molar-refractivity contribution in [1.29, 1.82) is 5.26 Å². The smallest absolute Gasteiger partial charge is 0.157 e. The van der Waals surface area contributed by atoms with Crippen molar-refractivity contribution >= 4 is 22.5 Å². The Hall–Kier alpha value is -2.58. The number of rotatable bonds is 3. The van der Waals surface area contributed by atoms with E-state index >= 15 is 0 Å². The lowest BCUT2D eigenvalue weighted by atomic mass is 9.84. The zero-order chi connectivity index (χ0) is 19.1. The summed E-state index contributed by atoms with van der Waals surface area (Å²) in [6.45, 7) is 5.93. The lowest BCUT2D eigenvalue weighted by Gasteiger charge is -2.30. The molecule has 1 aromatic carbocycles. The minimum atomic E-state index is 0.379. The molecule has 2 aliphatic heterocycles. The number of hydrogen-bond acceptors (Lipinski definition) is 4. The first kappa shape index (κ1) is 17.5. The van der Waals surface area contributed by atoms with Crippen molar-refractivity contribution in [3.8, 4) is 6.07 Å². The molecule has 28 heavy (non-hydrogen) atoms. The average Bonchev–Trinajstić information content (AvgIpc) is 3.40. The molecule has 3 aromatic rings. The van der Waals surface area contributed by atoms with Crippen LogP contribution < -0.4 is 4.90 Å². The number of fused-ring (bicyclic) bond motifs is 3. The van der Waals surface area contributed by atoms with Crippen LogP contribution in [0.4, 0.5) is 5.82 Å². The molecule has 0 bridgehead atoms. The molecule has 0 spiro atoms. The molecule has 2 aromatic heterocycles. The number of anilines is 1. The summed E-state index contributed by atoms with van der Waals surface area (Å²) in [6, 6.07) is 10.8. The molecule has 0 radical (unpaired) electrons. The third-order valence-corrected chi connectivity index (χ3v) is 6.36. The van der Waals surface area contributed by atoms with Gasteiger partial charge in [0.15, 0.2) is 5.65 Å². The van der Waals surface area contributed by atoms with Gasteiger partial charge in [-0.15, -0.1) is 0 Å². The molecule has 144 valence electrons. The van der Waals surface area contributed by atoms with Crippen LogP contribution in [0.5, 0.6) is 0 Å². The molecule has 0 atom stereocenters. The molecule has 0 unspecified atom stereocenters. The van der Waals surface area contributed by atoms with E-state index in [-0.39, 0.29) is 0 Å². The van der Waals surface area contributed by atoms with Crippen molar-refractivity contribution in [1.82, 2.24) is 9.38 Å². The standard InChI is InChI=1S/C23H26N4O/c1-2-17-21(16-9-13-28-14-10-16)18(15-24)22-25-19-7-3-4-8-20(19)27(22)23(17)26-11-5-6-12-26/h3-4,7-8,16H,2,5-6,9-14H2,1H3. The Bertz CT molecular complexity index is 1070. The van der Waals surface area contributed by atoms with E-state index in [0.717, 1.165) is 67.8 Å². The Morgan fingerprint density at radius 3 is 2.64 bits per heavy atom. The monoisotopic (exact) mass is 374 g/mol. The predicted octanol–water partition coefficient (Wildman–Crippen LogP) is 4.42. The number of nitrogens with zero attached hydrogens (tertiary/aromatic N) is 4. The number of aromatic nitrogens is 2. The van der Waals surface area contributed by atoms with Gasteiger partial charge in [-0.05, 0) is 61.3 Å². The first-order chi connectivity index (χ1) is 13.8. The van der Waals surface area contributed by atoms with Crippen LogP contribution in [0.15, 0.2) is 24.3 Å². The zero-order valence-electron chi connectivity index (χ0n) is 16.4. The van der Waals surface area contributed by atoms with Crippen LogP contribution in [-0.2, 0) is 11.2 Å². The van der Waals surface area contributed by atoms with Gasteiger partial charge in [0, 0.05) is 26.3 Å². The largest absolute Gasteiger partial charge is 0.381 e. The molecular formula is C23H26N4O. The summed E-state index contributed by atoms with van der Waals surface area (Å²) in [5.41, 5.74) is 6.22. The maximum atomic E-state index is 10.2. The van der Waals surface area contributed by atoms with E-state index < -0.39 is 0 Å². The lowest BCUT2D eigenvalue weighted by molar-refractivity contribution is 0.0851. The first-order valence-electron chi connectivity index (χ1n) is 10.5. The first-order valence-corrected chi connectivity index (χ1v) is 10.5. The van der Waals surface area contributed by atoms with Gasteiger partial charge in [-0.25, -0.2) is 4.98 Å². The molecule has 2 saturated heterocycles. The third-order valence-electron chi connectivity index (χ3n) is 6.36. The quantitative estimate of drug-likeness (QED) is 0.681. The van der Waals surface area contributed by atoms with Gasteiger partial charge in [0.2, 0.25) is 0 Å². The molecule has 5 heteroatoms. The molecular weight excluding hydrogens is 348 g/mol. The van der Waals surface area contributed by atoms with E-state index in [1.54, 1.807) is 0 Å². The topological polar surface area (TPSA) is 53.6 Å². The fraction of sp³-hybridized carbons (Fsp3) is 0.478. The van der Waals surface area contributed by atoms with Crippen molar-refractivity contribution < 1.29 is 4.74 Å². The second-order valence-corrected chi connectivity index (χ2v) is 7.90. The normalized spacial score (nSPS) is 18.2. The van der Waals surface area contributed by atoms with Crippen LogP contribution in [0.2, 0.25) is 0 Å². The van der Waals surface area contributed by atoms with E-state index in [0.29, 0.717) is 5.92 Å². The second kappa shape index (κ2) is 7.10. The maximum absolute atomic E-state index is 10.2. The minimum absolute atomic E-state index is 0.379. The summed E-state index contributed by atoms with van der Waals surface area (Å²) in [4.78, 5) is 7.45. The molecule has 0 aliphatic carbocycles. The summed E-state index contributed by atoms with van der Waals surface area (Å²) < 4.78 is 7.88. The van der Waals surface area contributed by atoms with Crippen LogP contribution in [0.25, 0.3) is 16.7 Å². The van der Waals surface area contributed by atoms with Crippen molar-refractivity contribution in [3.05, 3.63) is 41.0 Å². The van der Waals surface area contributed by atoms with Gasteiger partial charge in [0.25, 0.3) is 0 Å². The Labute approximate surface area is 165 Å². The summed E-state index contributed by atoms with van der Waals surface area (Å²) in [5.74, 6) is 1.65. The van der Waals surface area contributed by atoms with Crippen LogP contribution in [0.1, 0.15) is 55.2 Å². The molecule has 4 heterocycles. The average molecular weight is 374 g/mol. The molecule has 0 N–H and O–H groups in total. The third kappa shape index (κ3) is 2.59. The van der Waals surface area contributed by atoms with Gasteiger partial charge in [-0.1, -0.05) is 19.1 Å². The Balaban J connectivity index is 1.91. The zero-order valence-corrected chi connectivity index (χ0v) is 16.4. The number of benzene rings is 1. The van der Waals surface area contributed by atoms with Crippen LogP contribution >= 0.6 is 0 Å². The molecule has 0 saturated carbocycles. The number of imidazole rings is 1. The Kier molecular flexibility index (Phi) is 4.44. The fourth-order valence-corrected chi connectivity index (χ4v) is 5.09. The van der Waals surface area contributed by atoms with E-state index in [4.69, 9.17) is 9.72 Å². The summed E-state index contributed by atoms with van der Waals surface area (Å²) >= 11 is 0. The maximum Gasteiger partial charge on any atom is 0.157 e. The predicted molar refractivity (Wildman–Crippen MR) is 111 cm³/mol. The van der Waals surface area contributed by atoms with Crippen molar-refractivity contribution in [2.45, 2.75) is 44.9 Å². The Morgan fingerprint density at radius 1 is 1.18 bits per heavy atom. The van der Waals surface area contributed by atoms with Gasteiger partial charge >= 0.3 is 0 Å². The fourth-order valence-electron chi connectivity index (χ4n) is 5.09. The van der Waals surface area contributed by atoms with Crippen LogP contribution in [-0.4, -0.2) is 35.7 Å². The van der Waals surface area contributed by atoms with E-state index in [1.165, 1.54) is 29.8 Å². The van der Waals surface area contributed by atoms with Gasteiger partial charge in [0.05, 0.1) is 16.6 Å². The summed E-state index contributed by atoms with van der Waals surface area (Å²) in [6.07, 6.45) is 5.35. The highest BCUT2D eigenvalue weighted by Crippen LogP contribution is 2.41. The number of ether oxygens (including phenoxy) is 1. The molecule has 5 rings (SSSR count). The molecule has 5 nitrogen and oxygen atoms in total. The number of para-hydroxylation sites is 2. The summed E-state index contributed by atoms with van der Waals surface area (Å²) in [7, 11) is 0. The second-order valence-electron chi connectivity index (χ2n) is 7.90. The van der Waals surface area contributed by atoms with Crippen LogP contribution in [0, 0.1) is 11.3 Å². The van der Waals surface area contributed by atoms with Crippen molar-refractivity contribution in [2.75, 3.05) is 31.2 Å². The van der Waals surface area contributed by atoms with E-state index in [1.807, 2.05) is 6.07 Å². The lowest BCUT2D eigenvalue weighted by Crippen LogP contribution is -2.25. The number of nitriles is 1. The highest BCUT2D eigenvalue weighted by atomic mass is 16.5. The van der Waals surface area contributed by atoms with Gasteiger partial charge in [0.1, 0.15) is 11.9 Å². The van der Waals surface area contributed by atoms with Gasteiger partial charge in [-0.3, -0.25) is 4.40 Å². The van der Waals surface area contributed by atoms with Crippen molar-refractivity contribution in [3.63, 3.8) is 0 Å². The van der Waals surface area contributed by atoms with Gasteiger partial charge < -0.3 is 9.64 Å². The van der Waals surface area contributed by atoms with Gasteiger partial charge in [-0.2, -0.15) is 5.26 Å². The Morgan fingerprint density at radius 2 is 1.93 bits per heavy atom. The number of pyridine rings is 1. The molecule has 0 amide bonds.